The maximum Gasteiger partial charge on any atom is 0.193 e. The van der Waals surface area contributed by atoms with E-state index in [-0.39, 0.29) is 10.8 Å². The van der Waals surface area contributed by atoms with Crippen molar-refractivity contribution < 1.29 is 9.22 Å². The van der Waals surface area contributed by atoms with Gasteiger partial charge in [-0.3, -0.25) is 4.79 Å². The van der Waals surface area contributed by atoms with E-state index in [1.807, 2.05) is 42.5 Å². The molecule has 0 aliphatic heterocycles. The van der Waals surface area contributed by atoms with Gasteiger partial charge in [0.15, 0.2) is 14.1 Å². The molecule has 3 aromatic rings. The van der Waals surface area contributed by atoms with Crippen LogP contribution in [0, 0.1) is 0 Å². The van der Waals surface area contributed by atoms with Gasteiger partial charge in [-0.1, -0.05) is 112 Å². The number of ketones is 1. The normalized spacial score (nSPS) is 20.9. The SMILES string of the molecule is CC(C)(C)[Si](C)(C)OC1(c2ccccc2)CC(=O)C1(c1ccccc1)c1ccccc1. The lowest BCUT2D eigenvalue weighted by atomic mass is 9.48. The number of benzene rings is 3. The van der Waals surface area contributed by atoms with Crippen molar-refractivity contribution in [3.05, 3.63) is 108 Å². The van der Waals surface area contributed by atoms with Crippen LogP contribution in [-0.2, 0) is 20.2 Å². The van der Waals surface area contributed by atoms with Crippen LogP contribution in [0.3, 0.4) is 0 Å². The fourth-order valence-electron chi connectivity index (χ4n) is 4.73. The van der Waals surface area contributed by atoms with Crippen LogP contribution in [0.15, 0.2) is 91.0 Å². The average Bonchev–Trinajstić information content (AvgIpc) is 2.74. The minimum Gasteiger partial charge on any atom is -0.405 e. The molecule has 3 aromatic carbocycles. The van der Waals surface area contributed by atoms with Crippen molar-refractivity contribution in [2.45, 2.75) is 56.3 Å². The lowest BCUT2D eigenvalue weighted by molar-refractivity contribution is -0.158. The van der Waals surface area contributed by atoms with Crippen LogP contribution in [0.4, 0.5) is 0 Å². The van der Waals surface area contributed by atoms with Gasteiger partial charge in [0.05, 0.1) is 0 Å². The molecule has 0 N–H and O–H groups in total. The molecule has 2 nitrogen and oxygen atoms in total. The van der Waals surface area contributed by atoms with Crippen molar-refractivity contribution in [1.82, 2.24) is 0 Å². The van der Waals surface area contributed by atoms with E-state index in [0.29, 0.717) is 6.42 Å². The first-order valence-corrected chi connectivity index (χ1v) is 14.0. The summed E-state index contributed by atoms with van der Waals surface area (Å²) in [6.45, 7) is 11.3. The number of carbonyl (C=O) groups is 1. The van der Waals surface area contributed by atoms with Crippen LogP contribution < -0.4 is 0 Å². The third kappa shape index (κ3) is 3.22. The maximum absolute atomic E-state index is 13.8. The zero-order valence-electron chi connectivity index (χ0n) is 19.2. The van der Waals surface area contributed by atoms with Crippen LogP contribution in [0.5, 0.6) is 0 Å². The van der Waals surface area contributed by atoms with Crippen LogP contribution >= 0.6 is 0 Å². The Morgan fingerprint density at radius 2 is 1.10 bits per heavy atom. The standard InChI is InChI=1S/C28H32O2Si/c1-26(2,3)31(4,5)30-27(22-15-9-6-10-16-22)21-25(29)28(27,23-17-11-7-12-18-23)24-19-13-8-14-20-24/h6-20H,21H2,1-5H3. The second kappa shape index (κ2) is 7.58. The van der Waals surface area contributed by atoms with Crippen molar-refractivity contribution in [2.24, 2.45) is 0 Å². The van der Waals surface area contributed by atoms with E-state index in [0.717, 1.165) is 16.7 Å². The number of Topliss-reactive ketones (excluding diaryl/α,β-unsaturated/α-hetero) is 1. The maximum atomic E-state index is 13.8. The average molecular weight is 429 g/mol. The summed E-state index contributed by atoms with van der Waals surface area (Å²) >= 11 is 0. The van der Waals surface area contributed by atoms with Gasteiger partial charge in [-0.15, -0.1) is 0 Å². The molecule has 1 atom stereocenters. The molecular weight excluding hydrogens is 396 g/mol. The zero-order valence-corrected chi connectivity index (χ0v) is 20.2. The molecule has 3 heteroatoms. The van der Waals surface area contributed by atoms with Crippen molar-refractivity contribution in [3.63, 3.8) is 0 Å². The number of rotatable bonds is 5. The van der Waals surface area contributed by atoms with Gasteiger partial charge in [0.2, 0.25) is 0 Å². The minimum absolute atomic E-state index is 0.0204. The lowest BCUT2D eigenvalue weighted by Crippen LogP contribution is -2.70. The molecule has 1 fully saturated rings. The van der Waals surface area contributed by atoms with Crippen molar-refractivity contribution in [3.8, 4) is 0 Å². The molecule has 0 radical (unpaired) electrons. The van der Waals surface area contributed by atoms with Gasteiger partial charge in [0.1, 0.15) is 11.0 Å². The first kappa shape index (κ1) is 21.7. The molecule has 0 heterocycles. The Kier molecular flexibility index (Phi) is 5.31. The predicted molar refractivity (Wildman–Crippen MR) is 130 cm³/mol. The van der Waals surface area contributed by atoms with E-state index in [4.69, 9.17) is 4.43 Å². The van der Waals surface area contributed by atoms with Gasteiger partial charge in [0.25, 0.3) is 0 Å². The molecule has 1 aliphatic rings. The first-order valence-electron chi connectivity index (χ1n) is 11.1. The quantitative estimate of drug-likeness (QED) is 0.415. The van der Waals surface area contributed by atoms with Gasteiger partial charge in [-0.05, 0) is 34.8 Å². The molecule has 1 unspecified atom stereocenters. The molecule has 0 aromatic heterocycles. The van der Waals surface area contributed by atoms with E-state index in [1.54, 1.807) is 0 Å². The molecular formula is C28H32O2Si. The summed E-state index contributed by atoms with van der Waals surface area (Å²) in [5.41, 5.74) is 1.47. The highest BCUT2D eigenvalue weighted by Crippen LogP contribution is 2.62. The summed E-state index contributed by atoms with van der Waals surface area (Å²) in [5, 5.41) is 0.0204. The van der Waals surface area contributed by atoms with Crippen LogP contribution in [0.2, 0.25) is 18.1 Å². The molecule has 0 spiro atoms. The van der Waals surface area contributed by atoms with Gasteiger partial charge in [-0.2, -0.15) is 0 Å². The van der Waals surface area contributed by atoms with E-state index < -0.39 is 19.3 Å². The number of hydrogen-bond acceptors (Lipinski definition) is 2. The molecule has 1 saturated carbocycles. The molecule has 0 saturated heterocycles. The monoisotopic (exact) mass is 428 g/mol. The van der Waals surface area contributed by atoms with Gasteiger partial charge >= 0.3 is 0 Å². The second-order valence-electron chi connectivity index (χ2n) is 10.1. The second-order valence-corrected chi connectivity index (χ2v) is 14.9. The summed E-state index contributed by atoms with van der Waals surface area (Å²) in [7, 11) is -2.23. The topological polar surface area (TPSA) is 26.3 Å². The Morgan fingerprint density at radius 3 is 1.45 bits per heavy atom. The van der Waals surface area contributed by atoms with Crippen LogP contribution in [0.1, 0.15) is 43.9 Å². The third-order valence-electron chi connectivity index (χ3n) is 7.32. The Hall–Kier alpha value is -2.49. The van der Waals surface area contributed by atoms with Gasteiger partial charge < -0.3 is 4.43 Å². The summed E-state index contributed by atoms with van der Waals surface area (Å²) in [6, 6.07) is 30.8. The van der Waals surface area contributed by atoms with Gasteiger partial charge in [-0.25, -0.2) is 0 Å². The summed E-state index contributed by atoms with van der Waals surface area (Å²) in [5.74, 6) is 0.215. The molecule has 160 valence electrons. The summed E-state index contributed by atoms with van der Waals surface area (Å²) in [4.78, 5) is 13.8. The Morgan fingerprint density at radius 1 is 0.710 bits per heavy atom. The third-order valence-corrected chi connectivity index (χ3v) is 11.8. The number of hydrogen-bond donors (Lipinski definition) is 0. The molecule has 0 bridgehead atoms. The van der Waals surface area contributed by atoms with Gasteiger partial charge in [0, 0.05) is 6.42 Å². The van der Waals surface area contributed by atoms with E-state index in [2.05, 4.69) is 82.4 Å². The fourth-order valence-corrected chi connectivity index (χ4v) is 6.25. The van der Waals surface area contributed by atoms with Crippen molar-refractivity contribution in [1.29, 1.82) is 0 Å². The van der Waals surface area contributed by atoms with Crippen LogP contribution in [0.25, 0.3) is 0 Å². The highest BCUT2D eigenvalue weighted by molar-refractivity contribution is 6.74. The van der Waals surface area contributed by atoms with E-state index in [9.17, 15) is 4.79 Å². The Labute approximate surface area is 187 Å². The van der Waals surface area contributed by atoms with E-state index in [1.165, 1.54) is 0 Å². The molecule has 4 rings (SSSR count). The lowest BCUT2D eigenvalue weighted by Gasteiger charge is -2.61. The summed E-state index contributed by atoms with van der Waals surface area (Å²) in [6.07, 6.45) is 0.382. The first-order chi connectivity index (χ1) is 14.7. The van der Waals surface area contributed by atoms with Crippen molar-refractivity contribution >= 4 is 14.1 Å². The highest BCUT2D eigenvalue weighted by Gasteiger charge is 2.70. The number of carbonyl (C=O) groups excluding carboxylic acids is 1. The Bertz CT molecular complexity index is 1010. The molecule has 31 heavy (non-hydrogen) atoms. The van der Waals surface area contributed by atoms with Crippen molar-refractivity contribution in [2.75, 3.05) is 0 Å². The highest BCUT2D eigenvalue weighted by atomic mass is 28.4. The Balaban J connectivity index is 2.05. The minimum atomic E-state index is -2.23. The smallest absolute Gasteiger partial charge is 0.193 e. The van der Waals surface area contributed by atoms with E-state index >= 15 is 0 Å². The largest absolute Gasteiger partial charge is 0.405 e. The fraction of sp³-hybridized carbons (Fsp3) is 0.321. The zero-order chi connectivity index (χ0) is 22.3. The molecule has 1 aliphatic carbocycles. The van der Waals surface area contributed by atoms with Crippen LogP contribution in [-0.4, -0.2) is 14.1 Å². The molecule has 0 amide bonds. The summed E-state index contributed by atoms with van der Waals surface area (Å²) < 4.78 is 7.33. The predicted octanol–water partition coefficient (Wildman–Crippen LogP) is 6.86.